The summed E-state index contributed by atoms with van der Waals surface area (Å²) >= 11 is 0. The van der Waals surface area contributed by atoms with E-state index < -0.39 is 11.0 Å². The van der Waals surface area contributed by atoms with Gasteiger partial charge in [0.15, 0.2) is 0 Å². The van der Waals surface area contributed by atoms with Crippen molar-refractivity contribution in [2.75, 3.05) is 31.5 Å². The lowest BCUT2D eigenvalue weighted by atomic mass is 10.00. The van der Waals surface area contributed by atoms with Gasteiger partial charge in [-0.25, -0.2) is 13.9 Å². The van der Waals surface area contributed by atoms with Crippen LogP contribution in [-0.4, -0.2) is 50.5 Å². The van der Waals surface area contributed by atoms with Gasteiger partial charge in [0, 0.05) is 30.4 Å². The maximum Gasteiger partial charge on any atom is 0.126 e. The molecule has 3 heterocycles. The number of aryl methyl sites for hydroxylation is 1. The van der Waals surface area contributed by atoms with Crippen molar-refractivity contribution in [1.29, 1.82) is 0 Å². The van der Waals surface area contributed by atoms with Gasteiger partial charge in [-0.3, -0.25) is 4.98 Å². The molecule has 1 unspecified atom stereocenters. The van der Waals surface area contributed by atoms with E-state index in [0.29, 0.717) is 0 Å². The van der Waals surface area contributed by atoms with E-state index in [0.717, 1.165) is 72.6 Å². The predicted octanol–water partition coefficient (Wildman–Crippen LogP) is 4.86. The summed E-state index contributed by atoms with van der Waals surface area (Å²) in [5.41, 5.74) is 4.23. The van der Waals surface area contributed by atoms with Gasteiger partial charge in [-0.15, -0.1) is 0 Å². The third-order valence-corrected chi connectivity index (χ3v) is 8.43. The first-order valence-electron chi connectivity index (χ1n) is 12.6. The van der Waals surface area contributed by atoms with Crippen molar-refractivity contribution in [3.8, 4) is 0 Å². The van der Waals surface area contributed by atoms with Crippen LogP contribution in [-0.2, 0) is 11.0 Å². The van der Waals surface area contributed by atoms with Crippen LogP contribution in [0.3, 0.4) is 0 Å². The fourth-order valence-electron chi connectivity index (χ4n) is 4.82. The van der Waals surface area contributed by atoms with Crippen LogP contribution in [0, 0.1) is 6.92 Å². The van der Waals surface area contributed by atoms with Crippen molar-refractivity contribution in [3.05, 3.63) is 102 Å². The quantitative estimate of drug-likeness (QED) is 0.344. The van der Waals surface area contributed by atoms with Gasteiger partial charge in [0.25, 0.3) is 0 Å². The van der Waals surface area contributed by atoms with Crippen LogP contribution in [0.5, 0.6) is 0 Å². The third kappa shape index (κ3) is 5.98. The molecule has 0 aliphatic carbocycles. The zero-order chi connectivity index (χ0) is 24.7. The van der Waals surface area contributed by atoms with Gasteiger partial charge in [-0.2, -0.15) is 0 Å². The summed E-state index contributed by atoms with van der Waals surface area (Å²) in [4.78, 5) is 11.5. The summed E-state index contributed by atoms with van der Waals surface area (Å²) in [7, 11) is -1.11. The van der Waals surface area contributed by atoms with Crippen molar-refractivity contribution >= 4 is 27.7 Å². The number of benzene rings is 2. The lowest BCUT2D eigenvalue weighted by Crippen LogP contribution is -2.42. The van der Waals surface area contributed by atoms with E-state index in [-0.39, 0.29) is 11.3 Å². The number of piperidine rings is 1. The minimum Gasteiger partial charge on any atom is -0.369 e. The summed E-state index contributed by atoms with van der Waals surface area (Å²) in [6.45, 7) is 5.69. The highest BCUT2D eigenvalue weighted by Gasteiger charge is 2.26. The third-order valence-electron chi connectivity index (χ3n) is 6.89. The van der Waals surface area contributed by atoms with Crippen LogP contribution in [0.1, 0.15) is 35.7 Å². The minimum absolute atomic E-state index is 0.0792. The van der Waals surface area contributed by atoms with Gasteiger partial charge in [-0.05, 0) is 62.2 Å². The highest BCUT2D eigenvalue weighted by atomic mass is 32.2. The summed E-state index contributed by atoms with van der Waals surface area (Å²) < 4.78 is 16.8. The number of anilines is 1. The van der Waals surface area contributed by atoms with E-state index >= 15 is 0 Å². The predicted molar refractivity (Wildman–Crippen MR) is 148 cm³/mol. The Morgan fingerprint density at radius 1 is 0.944 bits per heavy atom. The second-order valence-corrected chi connectivity index (χ2v) is 10.8. The van der Waals surface area contributed by atoms with Crippen LogP contribution in [0.15, 0.2) is 85.1 Å². The summed E-state index contributed by atoms with van der Waals surface area (Å²) in [5, 5.41) is 4.70. The number of nitrogens with one attached hydrogen (secondary N) is 2. The van der Waals surface area contributed by atoms with Crippen molar-refractivity contribution in [3.63, 3.8) is 0 Å². The molecule has 1 atom stereocenters. The first-order chi connectivity index (χ1) is 17.7. The van der Waals surface area contributed by atoms with E-state index in [1.54, 1.807) is 6.20 Å². The number of aromatic nitrogens is 2. The Kier molecular flexibility index (Phi) is 8.01. The molecule has 0 amide bonds. The van der Waals surface area contributed by atoms with Crippen LogP contribution in [0.25, 0.3) is 10.9 Å². The SMILES string of the molecule is Cc1nccc2nc(NCCN3CCC(S(=O)NC(c4ccccc4)c4ccccc4)CC3)ccc12. The van der Waals surface area contributed by atoms with Gasteiger partial charge in [0.2, 0.25) is 0 Å². The molecule has 2 aromatic heterocycles. The lowest BCUT2D eigenvalue weighted by molar-refractivity contribution is 0.239. The number of pyridine rings is 2. The van der Waals surface area contributed by atoms with Crippen LogP contribution < -0.4 is 10.0 Å². The van der Waals surface area contributed by atoms with Crippen LogP contribution >= 0.6 is 0 Å². The number of hydrogen-bond donors (Lipinski definition) is 2. The van der Waals surface area contributed by atoms with Gasteiger partial charge in [0.1, 0.15) is 5.82 Å². The van der Waals surface area contributed by atoms with Gasteiger partial charge >= 0.3 is 0 Å². The second kappa shape index (κ2) is 11.7. The highest BCUT2D eigenvalue weighted by Crippen LogP contribution is 2.24. The zero-order valence-electron chi connectivity index (χ0n) is 20.6. The Morgan fingerprint density at radius 3 is 2.28 bits per heavy atom. The van der Waals surface area contributed by atoms with E-state index in [1.807, 2.05) is 55.5 Å². The molecule has 1 fully saturated rings. The molecule has 7 heteroatoms. The molecular weight excluding hydrogens is 466 g/mol. The zero-order valence-corrected chi connectivity index (χ0v) is 21.5. The van der Waals surface area contributed by atoms with Gasteiger partial charge < -0.3 is 10.2 Å². The van der Waals surface area contributed by atoms with E-state index in [4.69, 9.17) is 4.98 Å². The van der Waals surface area contributed by atoms with Crippen LogP contribution in [0.2, 0.25) is 0 Å². The van der Waals surface area contributed by atoms with E-state index in [1.165, 1.54) is 0 Å². The molecule has 0 saturated carbocycles. The number of hydrogen-bond acceptors (Lipinski definition) is 5. The molecule has 36 heavy (non-hydrogen) atoms. The van der Waals surface area contributed by atoms with Crippen molar-refractivity contribution < 1.29 is 4.21 Å². The monoisotopic (exact) mass is 499 g/mol. The molecule has 4 aromatic rings. The number of fused-ring (bicyclic) bond motifs is 1. The first kappa shape index (κ1) is 24.6. The molecule has 6 nitrogen and oxygen atoms in total. The average Bonchev–Trinajstić information content (AvgIpc) is 2.93. The number of rotatable bonds is 9. The maximum atomic E-state index is 13.3. The molecule has 1 aliphatic heterocycles. The summed E-state index contributed by atoms with van der Waals surface area (Å²) in [5.74, 6) is 0.890. The maximum absolute atomic E-state index is 13.3. The fourth-order valence-corrected chi connectivity index (χ4v) is 6.15. The Labute approximate surface area is 215 Å². The minimum atomic E-state index is -1.11. The van der Waals surface area contributed by atoms with Crippen molar-refractivity contribution in [1.82, 2.24) is 19.6 Å². The molecule has 0 spiro atoms. The molecule has 2 aromatic carbocycles. The standard InChI is InChI=1S/C29H33N5OS/c1-22-26-12-13-28(32-27(26)14-17-30-22)31-18-21-34-19-15-25(16-20-34)36(35)33-29(23-8-4-2-5-9-23)24-10-6-3-7-11-24/h2-14,17,25,29,33H,15-16,18-21H2,1H3,(H,31,32). The number of nitrogens with zero attached hydrogens (tertiary/aromatic N) is 3. The van der Waals surface area contributed by atoms with E-state index in [9.17, 15) is 4.21 Å². The molecule has 186 valence electrons. The highest BCUT2D eigenvalue weighted by molar-refractivity contribution is 7.83. The summed E-state index contributed by atoms with van der Waals surface area (Å²) in [6.07, 6.45) is 3.66. The summed E-state index contributed by atoms with van der Waals surface area (Å²) in [6, 6.07) is 26.5. The van der Waals surface area contributed by atoms with Gasteiger partial charge in [0.05, 0.1) is 27.8 Å². The van der Waals surface area contributed by atoms with Crippen LogP contribution in [0.4, 0.5) is 5.82 Å². The molecule has 5 rings (SSSR count). The number of likely N-dealkylation sites (tertiary alicyclic amines) is 1. The Morgan fingerprint density at radius 2 is 1.61 bits per heavy atom. The Balaban J connectivity index is 1.12. The fraction of sp³-hybridized carbons (Fsp3) is 0.310. The Bertz CT molecular complexity index is 1250. The molecule has 1 saturated heterocycles. The Hall–Kier alpha value is -3.13. The van der Waals surface area contributed by atoms with E-state index in [2.05, 4.69) is 50.3 Å². The topological polar surface area (TPSA) is 70.2 Å². The largest absolute Gasteiger partial charge is 0.369 e. The molecule has 2 N–H and O–H groups in total. The molecule has 1 aliphatic rings. The average molecular weight is 500 g/mol. The molecule has 0 bridgehead atoms. The van der Waals surface area contributed by atoms with Gasteiger partial charge in [-0.1, -0.05) is 60.7 Å². The van der Waals surface area contributed by atoms with Crippen molar-refractivity contribution in [2.45, 2.75) is 31.1 Å². The normalized spacial score (nSPS) is 15.8. The molecular formula is C29H33N5OS. The second-order valence-electron chi connectivity index (χ2n) is 9.30. The lowest BCUT2D eigenvalue weighted by Gasteiger charge is -2.32. The molecule has 0 radical (unpaired) electrons. The first-order valence-corrected chi connectivity index (χ1v) is 13.8. The van der Waals surface area contributed by atoms with Crippen molar-refractivity contribution in [2.24, 2.45) is 0 Å². The smallest absolute Gasteiger partial charge is 0.126 e.